The van der Waals surface area contributed by atoms with Gasteiger partial charge < -0.3 is 9.88 Å². The summed E-state index contributed by atoms with van der Waals surface area (Å²) < 4.78 is 2.26. The Morgan fingerprint density at radius 2 is 1.90 bits per heavy atom. The summed E-state index contributed by atoms with van der Waals surface area (Å²) >= 11 is 0. The quantitative estimate of drug-likeness (QED) is 0.582. The lowest BCUT2D eigenvalue weighted by Crippen LogP contribution is -2.32. The third-order valence-corrected chi connectivity index (χ3v) is 3.91. The number of nitrogens with one attached hydrogen (secondary N) is 1. The van der Waals surface area contributed by atoms with Crippen LogP contribution in [0, 0.1) is 0 Å². The van der Waals surface area contributed by atoms with Gasteiger partial charge in [-0.3, -0.25) is 0 Å². The van der Waals surface area contributed by atoms with Crippen molar-refractivity contribution in [2.24, 2.45) is 0 Å². The first kappa shape index (κ1) is 17.2. The van der Waals surface area contributed by atoms with Crippen LogP contribution < -0.4 is 5.32 Å². The lowest BCUT2D eigenvalue weighted by Gasteiger charge is -2.18. The number of unbranched alkanes of at least 4 members (excludes halogenated alkanes) is 4. The Balaban J connectivity index is 2.38. The Morgan fingerprint density at radius 1 is 1.10 bits per heavy atom. The molecule has 0 radical (unpaired) electrons. The molecule has 0 saturated carbocycles. The summed E-state index contributed by atoms with van der Waals surface area (Å²) in [5, 5.41) is 3.70. The molecule has 3 nitrogen and oxygen atoms in total. The van der Waals surface area contributed by atoms with Gasteiger partial charge >= 0.3 is 0 Å². The first-order valence-electron chi connectivity index (χ1n) is 8.55. The number of aryl methyl sites for hydroxylation is 1. The maximum atomic E-state index is 4.52. The van der Waals surface area contributed by atoms with Gasteiger partial charge in [-0.25, -0.2) is 4.98 Å². The molecule has 1 rings (SSSR count). The van der Waals surface area contributed by atoms with Gasteiger partial charge in [-0.2, -0.15) is 0 Å². The van der Waals surface area contributed by atoms with Gasteiger partial charge in [-0.05, 0) is 26.3 Å². The second-order valence-corrected chi connectivity index (χ2v) is 5.69. The molecule has 0 aliphatic heterocycles. The van der Waals surface area contributed by atoms with Crippen molar-refractivity contribution in [1.29, 1.82) is 0 Å². The third-order valence-electron chi connectivity index (χ3n) is 3.91. The molecule has 1 aromatic rings. The van der Waals surface area contributed by atoms with Crippen LogP contribution in [0.1, 0.15) is 71.5 Å². The van der Waals surface area contributed by atoms with Crippen molar-refractivity contribution < 1.29 is 0 Å². The molecular weight excluding hydrogens is 246 g/mol. The van der Waals surface area contributed by atoms with Crippen LogP contribution in [0.5, 0.6) is 0 Å². The van der Waals surface area contributed by atoms with Crippen molar-refractivity contribution in [2.45, 2.75) is 84.7 Å². The number of aromatic nitrogens is 2. The molecule has 1 aromatic heterocycles. The van der Waals surface area contributed by atoms with Crippen LogP contribution in [0.2, 0.25) is 0 Å². The number of rotatable bonds is 12. The third kappa shape index (κ3) is 6.56. The lowest BCUT2D eigenvalue weighted by atomic mass is 10.0. The van der Waals surface area contributed by atoms with E-state index in [9.17, 15) is 0 Å². The summed E-state index contributed by atoms with van der Waals surface area (Å²) in [6.45, 7) is 8.83. The zero-order valence-electron chi connectivity index (χ0n) is 13.7. The van der Waals surface area contributed by atoms with E-state index in [2.05, 4.69) is 41.8 Å². The number of hydrogen-bond acceptors (Lipinski definition) is 2. The fourth-order valence-corrected chi connectivity index (χ4v) is 2.66. The molecule has 116 valence electrons. The Bertz CT molecular complexity index is 333. The van der Waals surface area contributed by atoms with Crippen LogP contribution in [-0.4, -0.2) is 22.1 Å². The second kappa shape index (κ2) is 10.9. The highest BCUT2D eigenvalue weighted by Gasteiger charge is 2.11. The molecule has 20 heavy (non-hydrogen) atoms. The predicted molar refractivity (Wildman–Crippen MR) is 87.1 cm³/mol. The van der Waals surface area contributed by atoms with E-state index >= 15 is 0 Å². The van der Waals surface area contributed by atoms with Crippen LogP contribution in [0.15, 0.2) is 12.4 Å². The second-order valence-electron chi connectivity index (χ2n) is 5.69. The highest BCUT2D eigenvalue weighted by molar-refractivity contribution is 4.95. The fraction of sp³-hybridized carbons (Fsp3) is 0.824. The highest BCUT2D eigenvalue weighted by Crippen LogP contribution is 2.11. The van der Waals surface area contributed by atoms with Crippen LogP contribution in [-0.2, 0) is 13.0 Å². The van der Waals surface area contributed by atoms with E-state index in [0.717, 1.165) is 19.5 Å². The van der Waals surface area contributed by atoms with Gasteiger partial charge in [-0.1, -0.05) is 46.0 Å². The van der Waals surface area contributed by atoms with Gasteiger partial charge in [0, 0.05) is 31.4 Å². The highest BCUT2D eigenvalue weighted by atomic mass is 15.1. The van der Waals surface area contributed by atoms with Crippen molar-refractivity contribution >= 4 is 0 Å². The van der Waals surface area contributed by atoms with E-state index in [1.807, 2.05) is 6.20 Å². The average Bonchev–Trinajstić information content (AvgIpc) is 2.91. The standard InChI is InChI=1S/C17H33N3/c1-4-7-8-9-10-11-16(18-12-5-2)15-17-19-13-14-20(17)6-3/h13-14,16,18H,4-12,15H2,1-3H3. The molecule has 0 aromatic carbocycles. The smallest absolute Gasteiger partial charge is 0.110 e. The Hall–Kier alpha value is -0.830. The maximum Gasteiger partial charge on any atom is 0.110 e. The fourth-order valence-electron chi connectivity index (χ4n) is 2.66. The van der Waals surface area contributed by atoms with Crippen molar-refractivity contribution in [3.8, 4) is 0 Å². The molecule has 3 heteroatoms. The van der Waals surface area contributed by atoms with E-state index in [4.69, 9.17) is 0 Å². The Kier molecular flexibility index (Phi) is 9.38. The zero-order chi connectivity index (χ0) is 14.6. The topological polar surface area (TPSA) is 29.9 Å². The van der Waals surface area contributed by atoms with E-state index in [0.29, 0.717) is 6.04 Å². The zero-order valence-corrected chi connectivity index (χ0v) is 13.7. The minimum atomic E-state index is 0.587. The molecule has 1 atom stereocenters. The summed E-state index contributed by atoms with van der Waals surface area (Å²) in [5.41, 5.74) is 0. The van der Waals surface area contributed by atoms with Crippen molar-refractivity contribution in [3.63, 3.8) is 0 Å². The van der Waals surface area contributed by atoms with Crippen molar-refractivity contribution in [3.05, 3.63) is 18.2 Å². The first-order chi connectivity index (χ1) is 9.81. The lowest BCUT2D eigenvalue weighted by molar-refractivity contribution is 0.439. The minimum absolute atomic E-state index is 0.587. The Labute approximate surface area is 125 Å². The summed E-state index contributed by atoms with van der Waals surface area (Å²) in [6, 6.07) is 0.587. The van der Waals surface area contributed by atoms with Gasteiger partial charge in [-0.15, -0.1) is 0 Å². The monoisotopic (exact) mass is 279 g/mol. The van der Waals surface area contributed by atoms with Gasteiger partial charge in [0.2, 0.25) is 0 Å². The molecule has 0 fully saturated rings. The Morgan fingerprint density at radius 3 is 2.60 bits per heavy atom. The normalized spacial score (nSPS) is 12.8. The first-order valence-corrected chi connectivity index (χ1v) is 8.55. The van der Waals surface area contributed by atoms with Crippen molar-refractivity contribution in [2.75, 3.05) is 6.54 Å². The summed E-state index contributed by atoms with van der Waals surface area (Å²) in [7, 11) is 0. The van der Waals surface area contributed by atoms with Crippen LogP contribution in [0.25, 0.3) is 0 Å². The SMILES string of the molecule is CCCCCCCC(Cc1nccn1CC)NCCC. The molecule has 0 spiro atoms. The summed E-state index contributed by atoms with van der Waals surface area (Å²) in [6.07, 6.45) is 14.4. The van der Waals surface area contributed by atoms with E-state index in [-0.39, 0.29) is 0 Å². The molecule has 1 N–H and O–H groups in total. The molecule has 0 amide bonds. The molecule has 0 aliphatic carbocycles. The van der Waals surface area contributed by atoms with Crippen molar-refractivity contribution in [1.82, 2.24) is 14.9 Å². The van der Waals surface area contributed by atoms with Gasteiger partial charge in [0.15, 0.2) is 0 Å². The van der Waals surface area contributed by atoms with E-state index in [1.165, 1.54) is 50.8 Å². The predicted octanol–water partition coefficient (Wildman–Crippen LogP) is 4.17. The van der Waals surface area contributed by atoms with Crippen LogP contribution in [0.3, 0.4) is 0 Å². The van der Waals surface area contributed by atoms with Crippen LogP contribution >= 0.6 is 0 Å². The number of hydrogen-bond donors (Lipinski definition) is 1. The van der Waals surface area contributed by atoms with Gasteiger partial charge in [0.25, 0.3) is 0 Å². The largest absolute Gasteiger partial charge is 0.335 e. The maximum absolute atomic E-state index is 4.52. The molecule has 0 aliphatic rings. The number of nitrogens with zero attached hydrogens (tertiary/aromatic N) is 2. The number of imidazole rings is 1. The van der Waals surface area contributed by atoms with Crippen LogP contribution in [0.4, 0.5) is 0 Å². The summed E-state index contributed by atoms with van der Waals surface area (Å²) in [5.74, 6) is 1.23. The van der Waals surface area contributed by atoms with E-state index < -0.39 is 0 Å². The minimum Gasteiger partial charge on any atom is -0.335 e. The molecule has 1 unspecified atom stereocenters. The summed E-state index contributed by atoms with van der Waals surface area (Å²) in [4.78, 5) is 4.52. The molecule has 1 heterocycles. The average molecular weight is 279 g/mol. The molecule has 0 bridgehead atoms. The van der Waals surface area contributed by atoms with Gasteiger partial charge in [0.05, 0.1) is 0 Å². The molecule has 0 saturated heterocycles. The molecular formula is C17H33N3. The van der Waals surface area contributed by atoms with E-state index in [1.54, 1.807) is 0 Å². The van der Waals surface area contributed by atoms with Gasteiger partial charge in [0.1, 0.15) is 5.82 Å².